The molecule has 0 saturated carbocycles. The van der Waals surface area contributed by atoms with Crippen LogP contribution in [0.5, 0.6) is 0 Å². The first-order valence-corrected chi connectivity index (χ1v) is 4.33. The molecule has 0 spiro atoms. The van der Waals surface area contributed by atoms with E-state index in [0.29, 0.717) is 11.3 Å². The lowest BCUT2D eigenvalue weighted by atomic mass is 9.96. The number of hydrogen-bond acceptors (Lipinski definition) is 5. The molecule has 0 fully saturated rings. The maximum atomic E-state index is 5.69. The van der Waals surface area contributed by atoms with Gasteiger partial charge < -0.3 is 5.73 Å². The van der Waals surface area contributed by atoms with Gasteiger partial charge >= 0.3 is 0 Å². The summed E-state index contributed by atoms with van der Waals surface area (Å²) in [6.07, 6.45) is 1.59. The fourth-order valence-electron chi connectivity index (χ4n) is 1.26. The topological polar surface area (TPSA) is 82.0 Å². The molecule has 2 rings (SSSR count). The molecule has 0 aliphatic heterocycles. The van der Waals surface area contributed by atoms with Crippen LogP contribution in [0.15, 0.2) is 6.20 Å². The number of anilines is 1. The normalized spacial score (nSPS) is 12.2. The van der Waals surface area contributed by atoms with Crippen LogP contribution in [-0.2, 0) is 5.41 Å². The molecular weight excluding hydrogens is 180 g/mol. The van der Waals surface area contributed by atoms with E-state index in [4.69, 9.17) is 5.73 Å². The summed E-state index contributed by atoms with van der Waals surface area (Å²) < 4.78 is 1.58. The van der Waals surface area contributed by atoms with E-state index in [2.05, 4.69) is 20.5 Å². The zero-order valence-electron chi connectivity index (χ0n) is 8.39. The Morgan fingerprint density at radius 3 is 2.71 bits per heavy atom. The zero-order chi connectivity index (χ0) is 10.3. The number of tetrazole rings is 1. The van der Waals surface area contributed by atoms with Crippen molar-refractivity contribution in [1.29, 1.82) is 0 Å². The fourth-order valence-corrected chi connectivity index (χ4v) is 1.26. The standard InChI is InChI=1S/C8H12N6/c1-8(2,3)7-10-4-5(9)6-11-12-13-14(6)7/h4H,9H2,1-3H3. The van der Waals surface area contributed by atoms with Crippen LogP contribution in [0.3, 0.4) is 0 Å². The molecule has 6 nitrogen and oxygen atoms in total. The number of nitrogens with two attached hydrogens (primary N) is 1. The van der Waals surface area contributed by atoms with Crippen molar-refractivity contribution < 1.29 is 0 Å². The molecule has 0 aliphatic rings. The van der Waals surface area contributed by atoms with Gasteiger partial charge in [-0.3, -0.25) is 0 Å². The van der Waals surface area contributed by atoms with Crippen LogP contribution in [-0.4, -0.2) is 25.0 Å². The number of hydrogen-bond donors (Lipinski definition) is 1. The van der Waals surface area contributed by atoms with Crippen LogP contribution < -0.4 is 5.73 Å². The Balaban J connectivity index is 2.80. The van der Waals surface area contributed by atoms with Gasteiger partial charge in [-0.1, -0.05) is 20.8 Å². The average molecular weight is 192 g/mol. The molecule has 2 N–H and O–H groups in total. The first-order chi connectivity index (χ1) is 6.50. The maximum Gasteiger partial charge on any atom is 0.205 e. The summed E-state index contributed by atoms with van der Waals surface area (Å²) in [6.45, 7) is 6.14. The van der Waals surface area contributed by atoms with Crippen LogP contribution in [0.4, 0.5) is 5.69 Å². The highest BCUT2D eigenvalue weighted by Crippen LogP contribution is 2.21. The monoisotopic (exact) mass is 192 g/mol. The van der Waals surface area contributed by atoms with Gasteiger partial charge in [0.2, 0.25) is 5.65 Å². The highest BCUT2D eigenvalue weighted by molar-refractivity contribution is 5.61. The highest BCUT2D eigenvalue weighted by atomic mass is 15.5. The van der Waals surface area contributed by atoms with Gasteiger partial charge in [0, 0.05) is 5.41 Å². The first kappa shape index (κ1) is 8.86. The molecule has 2 aromatic heterocycles. The molecule has 0 aliphatic carbocycles. The first-order valence-electron chi connectivity index (χ1n) is 4.33. The van der Waals surface area contributed by atoms with E-state index in [1.807, 2.05) is 20.8 Å². The van der Waals surface area contributed by atoms with E-state index >= 15 is 0 Å². The van der Waals surface area contributed by atoms with Crippen molar-refractivity contribution >= 4 is 11.3 Å². The Kier molecular flexibility index (Phi) is 1.67. The van der Waals surface area contributed by atoms with E-state index in [0.717, 1.165) is 5.82 Å². The van der Waals surface area contributed by atoms with Crippen LogP contribution in [0, 0.1) is 0 Å². The molecule has 0 unspecified atom stereocenters. The molecule has 0 aromatic carbocycles. The number of nitrogens with zero attached hydrogens (tertiary/aromatic N) is 5. The molecule has 6 heteroatoms. The van der Waals surface area contributed by atoms with Crippen molar-refractivity contribution in [3.05, 3.63) is 12.0 Å². The van der Waals surface area contributed by atoms with Crippen molar-refractivity contribution in [3.63, 3.8) is 0 Å². The fraction of sp³-hybridized carbons (Fsp3) is 0.500. The predicted molar refractivity (Wildman–Crippen MR) is 51.7 cm³/mol. The van der Waals surface area contributed by atoms with Gasteiger partial charge in [0.25, 0.3) is 0 Å². The predicted octanol–water partition coefficient (Wildman–Crippen LogP) is 0.399. The maximum absolute atomic E-state index is 5.69. The number of fused-ring (bicyclic) bond motifs is 1. The summed E-state index contributed by atoms with van der Waals surface area (Å²) in [4.78, 5) is 4.25. The van der Waals surface area contributed by atoms with Gasteiger partial charge in [0.1, 0.15) is 5.82 Å². The van der Waals surface area contributed by atoms with Gasteiger partial charge in [-0.25, -0.2) is 4.98 Å². The third kappa shape index (κ3) is 1.19. The SMILES string of the molecule is CC(C)(C)c1ncc(N)c2nnnn12. The summed E-state index contributed by atoms with van der Waals surface area (Å²) in [7, 11) is 0. The smallest absolute Gasteiger partial charge is 0.205 e. The second-order valence-corrected chi connectivity index (χ2v) is 4.20. The molecule has 14 heavy (non-hydrogen) atoms. The molecule has 0 bridgehead atoms. The van der Waals surface area contributed by atoms with Crippen LogP contribution in [0.1, 0.15) is 26.6 Å². The Labute approximate surface area is 81.1 Å². The van der Waals surface area contributed by atoms with E-state index in [1.165, 1.54) is 0 Å². The molecule has 2 aromatic rings. The Morgan fingerprint density at radius 2 is 2.07 bits per heavy atom. The quantitative estimate of drug-likeness (QED) is 0.653. The molecule has 0 atom stereocenters. The van der Waals surface area contributed by atoms with Gasteiger partial charge in [0.15, 0.2) is 0 Å². The van der Waals surface area contributed by atoms with Gasteiger partial charge in [0.05, 0.1) is 11.9 Å². The minimum absolute atomic E-state index is 0.110. The minimum atomic E-state index is -0.110. The lowest BCUT2D eigenvalue weighted by Gasteiger charge is -2.17. The summed E-state index contributed by atoms with van der Waals surface area (Å²) >= 11 is 0. The van der Waals surface area contributed by atoms with Crippen LogP contribution in [0.2, 0.25) is 0 Å². The molecular formula is C8H12N6. The van der Waals surface area contributed by atoms with Gasteiger partial charge in [-0.2, -0.15) is 4.52 Å². The second-order valence-electron chi connectivity index (χ2n) is 4.20. The number of aromatic nitrogens is 5. The summed E-state index contributed by atoms with van der Waals surface area (Å²) in [5.74, 6) is 0.798. The third-order valence-electron chi connectivity index (χ3n) is 1.93. The van der Waals surface area contributed by atoms with E-state index < -0.39 is 0 Å². The van der Waals surface area contributed by atoms with E-state index in [1.54, 1.807) is 10.7 Å². The summed E-state index contributed by atoms with van der Waals surface area (Å²) in [5, 5.41) is 11.3. The van der Waals surface area contributed by atoms with Crippen LogP contribution in [0.25, 0.3) is 5.65 Å². The minimum Gasteiger partial charge on any atom is -0.394 e. The third-order valence-corrected chi connectivity index (χ3v) is 1.93. The molecule has 0 amide bonds. The van der Waals surface area contributed by atoms with Crippen molar-refractivity contribution in [3.8, 4) is 0 Å². The van der Waals surface area contributed by atoms with Crippen molar-refractivity contribution in [2.24, 2.45) is 0 Å². The van der Waals surface area contributed by atoms with Crippen LogP contribution >= 0.6 is 0 Å². The molecule has 0 radical (unpaired) electrons. The summed E-state index contributed by atoms with van der Waals surface area (Å²) in [6, 6.07) is 0. The summed E-state index contributed by atoms with van der Waals surface area (Å²) in [5.41, 5.74) is 6.63. The number of nitrogen functional groups attached to an aromatic ring is 1. The molecule has 2 heterocycles. The van der Waals surface area contributed by atoms with Gasteiger partial charge in [-0.05, 0) is 10.4 Å². The average Bonchev–Trinajstić information content (AvgIpc) is 2.50. The Morgan fingerprint density at radius 1 is 1.36 bits per heavy atom. The van der Waals surface area contributed by atoms with E-state index in [-0.39, 0.29) is 5.41 Å². The van der Waals surface area contributed by atoms with E-state index in [9.17, 15) is 0 Å². The lowest BCUT2D eigenvalue weighted by Crippen LogP contribution is -2.19. The van der Waals surface area contributed by atoms with Crippen molar-refractivity contribution in [2.75, 3.05) is 5.73 Å². The molecule has 0 saturated heterocycles. The Hall–Kier alpha value is -1.72. The zero-order valence-corrected chi connectivity index (χ0v) is 8.39. The van der Waals surface area contributed by atoms with Crippen molar-refractivity contribution in [1.82, 2.24) is 25.0 Å². The highest BCUT2D eigenvalue weighted by Gasteiger charge is 2.21. The Bertz CT molecular complexity index is 466. The second kappa shape index (κ2) is 2.63. The van der Waals surface area contributed by atoms with Crippen molar-refractivity contribution in [2.45, 2.75) is 26.2 Å². The molecule has 74 valence electrons. The lowest BCUT2D eigenvalue weighted by molar-refractivity contribution is 0.519. The number of rotatable bonds is 0. The largest absolute Gasteiger partial charge is 0.394 e. The van der Waals surface area contributed by atoms with Gasteiger partial charge in [-0.15, -0.1) is 5.10 Å².